The summed E-state index contributed by atoms with van der Waals surface area (Å²) < 4.78 is 14.3. The number of hydrogen-bond donors (Lipinski definition) is 0. The molecule has 0 radical (unpaired) electrons. The van der Waals surface area contributed by atoms with Crippen molar-refractivity contribution in [2.45, 2.75) is 51.4 Å². The van der Waals surface area contributed by atoms with Gasteiger partial charge in [-0.15, -0.1) is 0 Å². The number of carbonyl (C=O) groups is 2. The number of hydrogen-bond acceptors (Lipinski definition) is 4. The third kappa shape index (κ3) is 3.93. The number of rotatable bonds is 3. The lowest BCUT2D eigenvalue weighted by atomic mass is 9.73. The Morgan fingerprint density at radius 3 is 2.41 bits per heavy atom. The van der Waals surface area contributed by atoms with Crippen molar-refractivity contribution in [3.8, 4) is 0 Å². The van der Waals surface area contributed by atoms with Crippen LogP contribution in [0.15, 0.2) is 24.4 Å². The van der Waals surface area contributed by atoms with Crippen LogP contribution in [0.2, 0.25) is 0 Å². The van der Waals surface area contributed by atoms with Crippen molar-refractivity contribution in [1.29, 1.82) is 0 Å². The summed E-state index contributed by atoms with van der Waals surface area (Å²) in [6.07, 6.45) is 11.1. The molecule has 180 valence electrons. The smallest absolute Gasteiger partial charge is 0.257 e. The molecular weight excluding hydrogens is 431 g/mol. The van der Waals surface area contributed by atoms with E-state index in [-0.39, 0.29) is 23.5 Å². The number of anilines is 1. The summed E-state index contributed by atoms with van der Waals surface area (Å²) in [7, 11) is 0. The van der Waals surface area contributed by atoms with Crippen molar-refractivity contribution in [3.63, 3.8) is 0 Å². The molecule has 3 heterocycles. The standard InChI is InChI=1S/C27H33FN4O2/c28-20-6-7-23-21(16-20)24(32-11-10-27(18-32)8-2-1-3-9-27)22(17-29-23)26(34)31-14-12-30(13-15-31)25(33)19-4-5-19/h6-7,16-17,19H,1-5,8-15,18H2. The van der Waals surface area contributed by atoms with Crippen molar-refractivity contribution in [2.24, 2.45) is 11.3 Å². The quantitative estimate of drug-likeness (QED) is 0.682. The van der Waals surface area contributed by atoms with Crippen LogP contribution in [0.3, 0.4) is 0 Å². The molecule has 6 rings (SSSR count). The number of amides is 2. The number of aromatic nitrogens is 1. The van der Waals surface area contributed by atoms with E-state index < -0.39 is 0 Å². The molecular formula is C27H33FN4O2. The summed E-state index contributed by atoms with van der Waals surface area (Å²) in [5.41, 5.74) is 2.44. The van der Waals surface area contributed by atoms with E-state index in [0.29, 0.717) is 37.2 Å². The largest absolute Gasteiger partial charge is 0.370 e. The van der Waals surface area contributed by atoms with Crippen molar-refractivity contribution < 1.29 is 14.0 Å². The van der Waals surface area contributed by atoms with Crippen LogP contribution in [0, 0.1) is 17.2 Å². The molecule has 2 saturated heterocycles. The van der Waals surface area contributed by atoms with Crippen LogP contribution in [0.25, 0.3) is 10.9 Å². The number of fused-ring (bicyclic) bond motifs is 1. The summed E-state index contributed by atoms with van der Waals surface area (Å²) in [5.74, 6) is 0.0805. The highest BCUT2D eigenvalue weighted by Crippen LogP contribution is 2.46. The maximum Gasteiger partial charge on any atom is 0.257 e. The lowest BCUT2D eigenvalue weighted by molar-refractivity contribution is -0.134. The van der Waals surface area contributed by atoms with E-state index in [9.17, 15) is 14.0 Å². The lowest BCUT2D eigenvalue weighted by Gasteiger charge is -2.36. The molecule has 0 N–H and O–H groups in total. The monoisotopic (exact) mass is 464 g/mol. The van der Waals surface area contributed by atoms with Gasteiger partial charge in [-0.3, -0.25) is 14.6 Å². The summed E-state index contributed by atoms with van der Waals surface area (Å²) in [6, 6.07) is 4.67. The number of carbonyl (C=O) groups excluding carboxylic acids is 2. The van der Waals surface area contributed by atoms with Gasteiger partial charge < -0.3 is 14.7 Å². The van der Waals surface area contributed by atoms with E-state index in [4.69, 9.17) is 0 Å². The minimum absolute atomic E-state index is 0.0585. The Bertz CT molecular complexity index is 1120. The van der Waals surface area contributed by atoms with E-state index in [0.717, 1.165) is 48.9 Å². The molecule has 0 atom stereocenters. The summed E-state index contributed by atoms with van der Waals surface area (Å²) >= 11 is 0. The van der Waals surface area contributed by atoms with Gasteiger partial charge in [-0.05, 0) is 55.7 Å². The van der Waals surface area contributed by atoms with E-state index in [2.05, 4.69) is 9.88 Å². The van der Waals surface area contributed by atoms with Crippen LogP contribution < -0.4 is 4.90 Å². The van der Waals surface area contributed by atoms with Gasteiger partial charge in [0.05, 0.1) is 16.8 Å². The molecule has 0 unspecified atom stereocenters. The van der Waals surface area contributed by atoms with Crippen molar-refractivity contribution in [1.82, 2.24) is 14.8 Å². The molecule has 4 fully saturated rings. The third-order valence-electron chi connectivity index (χ3n) is 8.51. The van der Waals surface area contributed by atoms with Gasteiger partial charge in [0.15, 0.2) is 0 Å². The molecule has 0 bridgehead atoms. The second-order valence-corrected chi connectivity index (χ2v) is 10.8. The van der Waals surface area contributed by atoms with Gasteiger partial charge in [0, 0.05) is 56.8 Å². The Kier molecular flexibility index (Phi) is 5.46. The second kappa shape index (κ2) is 8.51. The number of pyridine rings is 1. The molecule has 1 aromatic heterocycles. The van der Waals surface area contributed by atoms with Gasteiger partial charge in [-0.25, -0.2) is 4.39 Å². The van der Waals surface area contributed by atoms with Crippen LogP contribution in [0.4, 0.5) is 10.1 Å². The van der Waals surface area contributed by atoms with E-state index >= 15 is 0 Å². The predicted molar refractivity (Wildman–Crippen MR) is 129 cm³/mol. The summed E-state index contributed by atoms with van der Waals surface area (Å²) in [5, 5.41) is 0.723. The lowest BCUT2D eigenvalue weighted by Crippen LogP contribution is -2.51. The Labute approximate surface area is 200 Å². The number of piperazine rings is 1. The van der Waals surface area contributed by atoms with E-state index in [1.54, 1.807) is 12.3 Å². The number of nitrogens with zero attached hydrogens (tertiary/aromatic N) is 4. The van der Waals surface area contributed by atoms with Crippen molar-refractivity contribution in [2.75, 3.05) is 44.2 Å². The molecule has 2 aromatic rings. The Morgan fingerprint density at radius 2 is 1.68 bits per heavy atom. The minimum atomic E-state index is -0.307. The topological polar surface area (TPSA) is 56.8 Å². The highest BCUT2D eigenvalue weighted by atomic mass is 19.1. The average Bonchev–Trinajstić information content (AvgIpc) is 3.65. The Balaban J connectivity index is 1.30. The fourth-order valence-corrected chi connectivity index (χ4v) is 6.37. The van der Waals surface area contributed by atoms with Gasteiger partial charge in [-0.2, -0.15) is 0 Å². The molecule has 7 heteroatoms. The zero-order valence-electron chi connectivity index (χ0n) is 19.8. The fraction of sp³-hybridized carbons (Fsp3) is 0.593. The SMILES string of the molecule is O=C(c1cnc2ccc(F)cc2c1N1CCC2(CCCCC2)C1)N1CCN(C(=O)C2CC2)CC1. The van der Waals surface area contributed by atoms with E-state index in [1.165, 1.54) is 44.2 Å². The zero-order valence-corrected chi connectivity index (χ0v) is 19.8. The summed E-state index contributed by atoms with van der Waals surface area (Å²) in [6.45, 7) is 4.04. The van der Waals surface area contributed by atoms with Crippen LogP contribution in [0.5, 0.6) is 0 Å². The third-order valence-corrected chi connectivity index (χ3v) is 8.51. The molecule has 6 nitrogen and oxygen atoms in total. The van der Waals surface area contributed by atoms with Gasteiger partial charge in [0.1, 0.15) is 5.82 Å². The maximum absolute atomic E-state index is 14.3. The molecule has 2 aliphatic heterocycles. The predicted octanol–water partition coefficient (Wildman–Crippen LogP) is 4.23. The van der Waals surface area contributed by atoms with Crippen molar-refractivity contribution in [3.05, 3.63) is 35.8 Å². The normalized spacial score (nSPS) is 22.6. The Morgan fingerprint density at radius 1 is 0.941 bits per heavy atom. The highest BCUT2D eigenvalue weighted by Gasteiger charge is 2.41. The number of benzene rings is 1. The molecule has 2 amide bonds. The highest BCUT2D eigenvalue weighted by molar-refractivity contribution is 6.07. The fourth-order valence-electron chi connectivity index (χ4n) is 6.37. The van der Waals surface area contributed by atoms with Crippen LogP contribution in [0.1, 0.15) is 61.7 Å². The number of halogens is 1. The minimum Gasteiger partial charge on any atom is -0.370 e. The van der Waals surface area contributed by atoms with Crippen molar-refractivity contribution >= 4 is 28.4 Å². The maximum atomic E-state index is 14.3. The molecule has 2 aliphatic carbocycles. The Hall–Kier alpha value is -2.70. The average molecular weight is 465 g/mol. The molecule has 2 saturated carbocycles. The first-order valence-corrected chi connectivity index (χ1v) is 12.9. The first-order chi connectivity index (χ1) is 16.5. The van der Waals surface area contributed by atoms with Gasteiger partial charge >= 0.3 is 0 Å². The van der Waals surface area contributed by atoms with Crippen LogP contribution in [-0.2, 0) is 4.79 Å². The van der Waals surface area contributed by atoms with Gasteiger partial charge in [-0.1, -0.05) is 19.3 Å². The first-order valence-electron chi connectivity index (χ1n) is 12.9. The zero-order chi connectivity index (χ0) is 23.3. The molecule has 1 spiro atoms. The van der Waals surface area contributed by atoms with Crippen LogP contribution in [-0.4, -0.2) is 65.9 Å². The van der Waals surface area contributed by atoms with Crippen LogP contribution >= 0.6 is 0 Å². The van der Waals surface area contributed by atoms with Gasteiger partial charge in [0.25, 0.3) is 5.91 Å². The molecule has 34 heavy (non-hydrogen) atoms. The molecule has 4 aliphatic rings. The van der Waals surface area contributed by atoms with E-state index in [1.807, 2.05) is 9.80 Å². The first kappa shape index (κ1) is 21.8. The van der Waals surface area contributed by atoms with Gasteiger partial charge in [0.2, 0.25) is 5.91 Å². The summed E-state index contributed by atoms with van der Waals surface area (Å²) in [4.78, 5) is 36.8. The molecule has 1 aromatic carbocycles. The second-order valence-electron chi connectivity index (χ2n) is 10.8.